The number of sulfonamides is 1. The molecule has 7 heteroatoms. The molecule has 3 rings (SSSR count). The predicted octanol–water partition coefficient (Wildman–Crippen LogP) is 5.26. The van der Waals surface area contributed by atoms with Crippen LogP contribution in [0.4, 0.5) is 0 Å². The van der Waals surface area contributed by atoms with E-state index >= 15 is 0 Å². The van der Waals surface area contributed by atoms with Crippen LogP contribution in [0.3, 0.4) is 0 Å². The molecule has 0 atom stereocenters. The molecule has 0 aromatic heterocycles. The highest BCUT2D eigenvalue weighted by atomic mass is 35.5. The lowest BCUT2D eigenvalue weighted by molar-refractivity contribution is 0.401. The average Bonchev–Trinajstić information content (AvgIpc) is 2.68. The molecular weight excluding hydrogens is 415 g/mol. The van der Waals surface area contributed by atoms with Crippen molar-refractivity contribution in [3.05, 3.63) is 99.5 Å². The molecule has 4 nitrogen and oxygen atoms in total. The van der Waals surface area contributed by atoms with Gasteiger partial charge in [0.05, 0.1) is 16.5 Å². The third-order valence-corrected chi connectivity index (χ3v) is 6.43. The Bertz CT molecular complexity index is 1110. The van der Waals surface area contributed by atoms with E-state index in [9.17, 15) is 8.42 Å². The SMILES string of the molecule is N#Cc1ccc(CN(Cc2cccc(Cl)c2)S(=O)(=O)c2ccc(Cl)cc2)cc1. The molecule has 0 aliphatic heterocycles. The van der Waals surface area contributed by atoms with E-state index in [-0.39, 0.29) is 18.0 Å². The van der Waals surface area contributed by atoms with Gasteiger partial charge in [-0.15, -0.1) is 0 Å². The minimum Gasteiger partial charge on any atom is -0.207 e. The lowest BCUT2D eigenvalue weighted by Gasteiger charge is -2.23. The van der Waals surface area contributed by atoms with Crippen molar-refractivity contribution in [3.8, 4) is 6.07 Å². The second-order valence-corrected chi connectivity index (χ2v) is 8.98. The number of nitriles is 1. The van der Waals surface area contributed by atoms with Crippen LogP contribution in [0.5, 0.6) is 0 Å². The zero-order chi connectivity index (χ0) is 20.1. The Hall–Kier alpha value is -2.36. The topological polar surface area (TPSA) is 61.2 Å². The first-order valence-electron chi connectivity index (χ1n) is 8.38. The second-order valence-electron chi connectivity index (χ2n) is 6.17. The van der Waals surface area contributed by atoms with E-state index in [1.165, 1.54) is 16.4 Å². The molecule has 28 heavy (non-hydrogen) atoms. The van der Waals surface area contributed by atoms with Crippen molar-refractivity contribution in [1.29, 1.82) is 5.26 Å². The van der Waals surface area contributed by atoms with Gasteiger partial charge in [0.25, 0.3) is 0 Å². The number of halogens is 2. The molecule has 0 saturated heterocycles. The lowest BCUT2D eigenvalue weighted by atomic mass is 10.1. The van der Waals surface area contributed by atoms with Crippen LogP contribution in [0, 0.1) is 11.3 Å². The van der Waals surface area contributed by atoms with Gasteiger partial charge in [-0.25, -0.2) is 8.42 Å². The molecule has 0 aliphatic carbocycles. The zero-order valence-corrected chi connectivity index (χ0v) is 17.0. The van der Waals surface area contributed by atoms with Gasteiger partial charge in [0.2, 0.25) is 10.0 Å². The number of hydrogen-bond acceptors (Lipinski definition) is 3. The van der Waals surface area contributed by atoms with Gasteiger partial charge in [0.1, 0.15) is 0 Å². The van der Waals surface area contributed by atoms with Gasteiger partial charge < -0.3 is 0 Å². The molecule has 0 spiro atoms. The molecule has 0 heterocycles. The number of nitrogens with zero attached hydrogens (tertiary/aromatic N) is 2. The molecule has 0 amide bonds. The van der Waals surface area contributed by atoms with Gasteiger partial charge in [-0.3, -0.25) is 0 Å². The smallest absolute Gasteiger partial charge is 0.207 e. The van der Waals surface area contributed by atoms with Crippen LogP contribution >= 0.6 is 23.2 Å². The first-order valence-corrected chi connectivity index (χ1v) is 10.6. The van der Waals surface area contributed by atoms with Crippen molar-refractivity contribution < 1.29 is 8.42 Å². The van der Waals surface area contributed by atoms with E-state index in [1.807, 2.05) is 6.07 Å². The van der Waals surface area contributed by atoms with Gasteiger partial charge in [-0.2, -0.15) is 9.57 Å². The average molecular weight is 431 g/mol. The van der Waals surface area contributed by atoms with Crippen LogP contribution < -0.4 is 0 Å². The summed E-state index contributed by atoms with van der Waals surface area (Å²) in [5.41, 5.74) is 2.07. The van der Waals surface area contributed by atoms with E-state index in [0.717, 1.165) is 11.1 Å². The van der Waals surface area contributed by atoms with Crippen molar-refractivity contribution in [2.45, 2.75) is 18.0 Å². The summed E-state index contributed by atoms with van der Waals surface area (Å²) in [4.78, 5) is 0.160. The van der Waals surface area contributed by atoms with Gasteiger partial charge in [0, 0.05) is 23.1 Å². The summed E-state index contributed by atoms with van der Waals surface area (Å²) in [6.07, 6.45) is 0. The van der Waals surface area contributed by atoms with Crippen molar-refractivity contribution in [2.24, 2.45) is 0 Å². The maximum atomic E-state index is 13.3. The normalized spacial score (nSPS) is 11.4. The number of hydrogen-bond donors (Lipinski definition) is 0. The quantitative estimate of drug-likeness (QED) is 0.535. The van der Waals surface area contributed by atoms with E-state index in [0.29, 0.717) is 15.6 Å². The third-order valence-electron chi connectivity index (χ3n) is 4.14. The summed E-state index contributed by atoms with van der Waals surface area (Å²) in [6, 6.07) is 22.1. The molecule has 0 bridgehead atoms. The van der Waals surface area contributed by atoms with Crippen LogP contribution in [0.25, 0.3) is 0 Å². The Labute approximate surface area is 174 Å². The minimum atomic E-state index is -3.78. The van der Waals surface area contributed by atoms with Crippen molar-refractivity contribution in [3.63, 3.8) is 0 Å². The number of benzene rings is 3. The van der Waals surface area contributed by atoms with E-state index < -0.39 is 10.0 Å². The molecule has 0 N–H and O–H groups in total. The molecule has 0 radical (unpaired) electrons. The van der Waals surface area contributed by atoms with Gasteiger partial charge in [-0.05, 0) is 59.7 Å². The van der Waals surface area contributed by atoms with E-state index in [1.54, 1.807) is 54.6 Å². The van der Waals surface area contributed by atoms with Gasteiger partial charge in [0.15, 0.2) is 0 Å². The van der Waals surface area contributed by atoms with Crippen molar-refractivity contribution in [2.75, 3.05) is 0 Å². The molecule has 0 saturated carbocycles. The summed E-state index contributed by atoms with van der Waals surface area (Å²) in [6.45, 7) is 0.314. The number of rotatable bonds is 6. The fourth-order valence-electron chi connectivity index (χ4n) is 2.71. The van der Waals surface area contributed by atoms with Crippen molar-refractivity contribution in [1.82, 2.24) is 4.31 Å². The van der Waals surface area contributed by atoms with Crippen LogP contribution in [0.1, 0.15) is 16.7 Å². The Morgan fingerprint density at radius 3 is 2.07 bits per heavy atom. The van der Waals surface area contributed by atoms with Crippen molar-refractivity contribution >= 4 is 33.2 Å². The van der Waals surface area contributed by atoms with Crippen LogP contribution in [-0.4, -0.2) is 12.7 Å². The first-order chi connectivity index (χ1) is 13.4. The first kappa shape index (κ1) is 20.4. The molecular formula is C21H16Cl2N2O2S. The Kier molecular flexibility index (Phi) is 6.38. The maximum absolute atomic E-state index is 13.3. The molecule has 0 fully saturated rings. The summed E-state index contributed by atoms with van der Waals surface area (Å²) in [5, 5.41) is 9.96. The second kappa shape index (κ2) is 8.76. The van der Waals surface area contributed by atoms with Crippen LogP contribution in [0.2, 0.25) is 10.0 Å². The Morgan fingerprint density at radius 1 is 0.821 bits per heavy atom. The fraction of sp³-hybridized carbons (Fsp3) is 0.0952. The molecule has 3 aromatic carbocycles. The Balaban J connectivity index is 1.97. The Morgan fingerprint density at radius 2 is 1.46 bits per heavy atom. The van der Waals surface area contributed by atoms with Gasteiger partial charge >= 0.3 is 0 Å². The molecule has 3 aromatic rings. The largest absolute Gasteiger partial charge is 0.243 e. The maximum Gasteiger partial charge on any atom is 0.243 e. The molecule has 142 valence electrons. The highest BCUT2D eigenvalue weighted by Crippen LogP contribution is 2.23. The van der Waals surface area contributed by atoms with E-state index in [4.69, 9.17) is 28.5 Å². The standard InChI is InChI=1S/C21H16Cl2N2O2S/c22-19-8-10-21(11-9-19)28(26,27)25(15-18-2-1-3-20(23)12-18)14-17-6-4-16(13-24)5-7-17/h1-12H,14-15H2. The summed E-state index contributed by atoms with van der Waals surface area (Å²) in [7, 11) is -3.78. The highest BCUT2D eigenvalue weighted by Gasteiger charge is 2.25. The van der Waals surface area contributed by atoms with Gasteiger partial charge in [-0.1, -0.05) is 47.5 Å². The fourth-order valence-corrected chi connectivity index (χ4v) is 4.46. The van der Waals surface area contributed by atoms with E-state index in [2.05, 4.69) is 6.07 Å². The molecule has 0 aliphatic rings. The van der Waals surface area contributed by atoms with Crippen LogP contribution in [0.15, 0.2) is 77.7 Å². The third kappa shape index (κ3) is 4.92. The summed E-state index contributed by atoms with van der Waals surface area (Å²) in [5.74, 6) is 0. The predicted molar refractivity (Wildman–Crippen MR) is 110 cm³/mol. The monoisotopic (exact) mass is 430 g/mol. The molecule has 0 unspecified atom stereocenters. The lowest BCUT2D eigenvalue weighted by Crippen LogP contribution is -2.30. The minimum absolute atomic E-state index is 0.156. The van der Waals surface area contributed by atoms with Crippen LogP contribution in [-0.2, 0) is 23.1 Å². The summed E-state index contributed by atoms with van der Waals surface area (Å²) < 4.78 is 27.9. The highest BCUT2D eigenvalue weighted by molar-refractivity contribution is 7.89. The zero-order valence-electron chi connectivity index (χ0n) is 14.7. The summed E-state index contributed by atoms with van der Waals surface area (Å²) >= 11 is 12.0.